The van der Waals surface area contributed by atoms with Crippen LogP contribution in [-0.2, 0) is 6.54 Å². The first kappa shape index (κ1) is 16.1. The smallest absolute Gasteiger partial charge is 0.183 e. The number of carbonyl (C=O) groups is 1. The van der Waals surface area contributed by atoms with Gasteiger partial charge in [0.05, 0.1) is 17.8 Å². The maximum absolute atomic E-state index is 12.3. The topological polar surface area (TPSA) is 50.2 Å². The molecule has 0 saturated carbocycles. The standard InChI is InChI=1S/C13H23ClN4O/c1-5-15-10(2)8-12(19)13-11(14)9-16-18(13)7-6-17(3)4/h9-10,15H,5-8H2,1-4H3. The summed E-state index contributed by atoms with van der Waals surface area (Å²) < 4.78 is 1.70. The Labute approximate surface area is 119 Å². The van der Waals surface area contributed by atoms with Crippen LogP contribution in [0.1, 0.15) is 30.8 Å². The molecular weight excluding hydrogens is 264 g/mol. The predicted molar refractivity (Wildman–Crippen MR) is 77.9 cm³/mol. The largest absolute Gasteiger partial charge is 0.314 e. The maximum atomic E-state index is 12.3. The molecule has 0 aromatic carbocycles. The molecule has 1 rings (SSSR count). The van der Waals surface area contributed by atoms with Crippen molar-refractivity contribution in [3.63, 3.8) is 0 Å². The van der Waals surface area contributed by atoms with Gasteiger partial charge in [0.1, 0.15) is 5.69 Å². The van der Waals surface area contributed by atoms with Crippen molar-refractivity contribution in [2.45, 2.75) is 32.9 Å². The van der Waals surface area contributed by atoms with E-state index in [1.54, 1.807) is 10.9 Å². The molecule has 1 unspecified atom stereocenters. The van der Waals surface area contributed by atoms with E-state index in [0.717, 1.165) is 13.1 Å². The Morgan fingerprint density at radius 1 is 1.58 bits per heavy atom. The van der Waals surface area contributed by atoms with E-state index in [-0.39, 0.29) is 11.8 Å². The zero-order chi connectivity index (χ0) is 14.4. The molecule has 1 N–H and O–H groups in total. The van der Waals surface area contributed by atoms with Crippen LogP contribution in [0.15, 0.2) is 6.20 Å². The van der Waals surface area contributed by atoms with E-state index in [0.29, 0.717) is 23.7 Å². The molecule has 0 fully saturated rings. The number of hydrogen-bond donors (Lipinski definition) is 1. The Morgan fingerprint density at radius 3 is 2.84 bits per heavy atom. The molecule has 0 amide bonds. The van der Waals surface area contributed by atoms with Crippen LogP contribution in [0.4, 0.5) is 0 Å². The Bertz CT molecular complexity index is 417. The van der Waals surface area contributed by atoms with Crippen LogP contribution >= 0.6 is 11.6 Å². The van der Waals surface area contributed by atoms with Crippen LogP contribution in [-0.4, -0.2) is 53.7 Å². The van der Waals surface area contributed by atoms with E-state index in [1.165, 1.54) is 0 Å². The first-order valence-corrected chi connectivity index (χ1v) is 6.96. The van der Waals surface area contributed by atoms with Crippen molar-refractivity contribution in [2.75, 3.05) is 27.2 Å². The van der Waals surface area contributed by atoms with E-state index in [1.807, 2.05) is 32.8 Å². The monoisotopic (exact) mass is 286 g/mol. The lowest BCUT2D eigenvalue weighted by Gasteiger charge is -2.14. The molecule has 6 heteroatoms. The molecular formula is C13H23ClN4O. The second-order valence-corrected chi connectivity index (χ2v) is 5.36. The van der Waals surface area contributed by atoms with Gasteiger partial charge in [0.15, 0.2) is 5.78 Å². The minimum atomic E-state index is 0.0368. The molecule has 0 aliphatic rings. The molecule has 1 heterocycles. The quantitative estimate of drug-likeness (QED) is 0.739. The lowest BCUT2D eigenvalue weighted by Crippen LogP contribution is -2.29. The summed E-state index contributed by atoms with van der Waals surface area (Å²) in [7, 11) is 3.97. The number of rotatable bonds is 8. The van der Waals surface area contributed by atoms with E-state index < -0.39 is 0 Å². The summed E-state index contributed by atoms with van der Waals surface area (Å²) in [5.41, 5.74) is 0.522. The molecule has 108 valence electrons. The third-order valence-corrected chi connectivity index (χ3v) is 3.14. The molecule has 5 nitrogen and oxygen atoms in total. The van der Waals surface area contributed by atoms with E-state index in [2.05, 4.69) is 10.4 Å². The second-order valence-electron chi connectivity index (χ2n) is 4.95. The average molecular weight is 287 g/mol. The number of likely N-dealkylation sites (N-methyl/N-ethyl adjacent to an activating group) is 1. The summed E-state index contributed by atoms with van der Waals surface area (Å²) in [4.78, 5) is 14.3. The zero-order valence-corrected chi connectivity index (χ0v) is 12.9. The number of Topliss-reactive ketones (excluding diaryl/α,β-unsaturated/α-hetero) is 1. The number of halogens is 1. The van der Waals surface area contributed by atoms with Crippen molar-refractivity contribution in [1.82, 2.24) is 20.0 Å². The van der Waals surface area contributed by atoms with E-state index >= 15 is 0 Å². The highest BCUT2D eigenvalue weighted by Gasteiger charge is 2.19. The SMILES string of the molecule is CCNC(C)CC(=O)c1c(Cl)cnn1CCN(C)C. The Morgan fingerprint density at radius 2 is 2.26 bits per heavy atom. The number of carbonyl (C=O) groups excluding carboxylic acids is 1. The normalized spacial score (nSPS) is 12.9. The summed E-state index contributed by atoms with van der Waals surface area (Å²) in [5, 5.41) is 7.84. The minimum absolute atomic E-state index is 0.0368. The highest BCUT2D eigenvalue weighted by Crippen LogP contribution is 2.17. The molecule has 1 aromatic heterocycles. The first-order valence-electron chi connectivity index (χ1n) is 6.58. The Kier molecular flexibility index (Phi) is 6.48. The fourth-order valence-corrected chi connectivity index (χ4v) is 2.15. The summed E-state index contributed by atoms with van der Waals surface area (Å²) in [6.45, 7) is 6.35. The molecule has 0 aliphatic carbocycles. The van der Waals surface area contributed by atoms with Crippen molar-refractivity contribution in [2.24, 2.45) is 0 Å². The van der Waals surface area contributed by atoms with Gasteiger partial charge in [-0.05, 0) is 27.6 Å². The summed E-state index contributed by atoms with van der Waals surface area (Å²) >= 11 is 6.08. The summed E-state index contributed by atoms with van der Waals surface area (Å²) in [5.74, 6) is 0.0368. The average Bonchev–Trinajstić information content (AvgIpc) is 2.68. The van der Waals surface area contributed by atoms with Gasteiger partial charge in [-0.2, -0.15) is 5.10 Å². The van der Waals surface area contributed by atoms with Crippen molar-refractivity contribution in [1.29, 1.82) is 0 Å². The number of ketones is 1. The van der Waals surface area contributed by atoms with Gasteiger partial charge in [-0.3, -0.25) is 9.48 Å². The molecule has 1 aromatic rings. The van der Waals surface area contributed by atoms with Crippen molar-refractivity contribution < 1.29 is 4.79 Å². The van der Waals surface area contributed by atoms with Crippen LogP contribution in [0.3, 0.4) is 0 Å². The first-order chi connectivity index (χ1) is 8.95. The number of hydrogen-bond acceptors (Lipinski definition) is 4. The molecule has 0 aliphatic heterocycles. The Hall–Kier alpha value is -0.910. The highest BCUT2D eigenvalue weighted by molar-refractivity contribution is 6.33. The maximum Gasteiger partial charge on any atom is 0.183 e. The molecule has 0 spiro atoms. The van der Waals surface area contributed by atoms with Crippen molar-refractivity contribution in [3.05, 3.63) is 16.9 Å². The number of aromatic nitrogens is 2. The summed E-state index contributed by atoms with van der Waals surface area (Å²) in [6.07, 6.45) is 1.98. The van der Waals surface area contributed by atoms with Crippen LogP contribution in [0.5, 0.6) is 0 Å². The third-order valence-electron chi connectivity index (χ3n) is 2.86. The van der Waals surface area contributed by atoms with Crippen molar-refractivity contribution >= 4 is 17.4 Å². The lowest BCUT2D eigenvalue weighted by molar-refractivity contribution is 0.0960. The van der Waals surface area contributed by atoms with Gasteiger partial charge in [-0.1, -0.05) is 18.5 Å². The highest BCUT2D eigenvalue weighted by atomic mass is 35.5. The molecule has 0 saturated heterocycles. The van der Waals surface area contributed by atoms with Crippen LogP contribution in [0, 0.1) is 0 Å². The fraction of sp³-hybridized carbons (Fsp3) is 0.692. The van der Waals surface area contributed by atoms with E-state index in [4.69, 9.17) is 11.6 Å². The van der Waals surface area contributed by atoms with Gasteiger partial charge >= 0.3 is 0 Å². The van der Waals surface area contributed by atoms with Gasteiger partial charge < -0.3 is 10.2 Å². The molecule has 1 atom stereocenters. The fourth-order valence-electron chi connectivity index (χ4n) is 1.90. The Balaban J connectivity index is 2.75. The van der Waals surface area contributed by atoms with Crippen LogP contribution in [0.25, 0.3) is 0 Å². The van der Waals surface area contributed by atoms with Gasteiger partial charge in [0.25, 0.3) is 0 Å². The van der Waals surface area contributed by atoms with Gasteiger partial charge in [0, 0.05) is 19.0 Å². The van der Waals surface area contributed by atoms with Crippen LogP contribution in [0.2, 0.25) is 5.02 Å². The zero-order valence-electron chi connectivity index (χ0n) is 12.1. The van der Waals surface area contributed by atoms with E-state index in [9.17, 15) is 4.79 Å². The second kappa shape index (κ2) is 7.62. The number of nitrogens with one attached hydrogen (secondary N) is 1. The predicted octanol–water partition coefficient (Wildman–Crippen LogP) is 1.67. The third kappa shape index (κ3) is 4.93. The summed E-state index contributed by atoms with van der Waals surface area (Å²) in [6, 6.07) is 0.144. The van der Waals surface area contributed by atoms with Gasteiger partial charge in [-0.25, -0.2) is 0 Å². The molecule has 0 bridgehead atoms. The minimum Gasteiger partial charge on any atom is -0.314 e. The van der Waals surface area contributed by atoms with Gasteiger partial charge in [0.2, 0.25) is 0 Å². The lowest BCUT2D eigenvalue weighted by atomic mass is 10.1. The molecule has 0 radical (unpaired) electrons. The molecule has 19 heavy (non-hydrogen) atoms. The number of nitrogens with zero attached hydrogens (tertiary/aromatic N) is 3. The van der Waals surface area contributed by atoms with Crippen LogP contribution < -0.4 is 5.32 Å². The van der Waals surface area contributed by atoms with Crippen molar-refractivity contribution in [3.8, 4) is 0 Å². The van der Waals surface area contributed by atoms with Gasteiger partial charge in [-0.15, -0.1) is 0 Å².